The zero-order valence-corrected chi connectivity index (χ0v) is 8.75. The second-order valence-electron chi connectivity index (χ2n) is 3.38. The maximum Gasteiger partial charge on any atom is 0.0497 e. The molecule has 0 bridgehead atoms. The van der Waals surface area contributed by atoms with Crippen LogP contribution in [0.15, 0.2) is 24.8 Å². The van der Waals surface area contributed by atoms with Gasteiger partial charge in [0.25, 0.3) is 0 Å². The normalized spacial score (nSPS) is 12.2. The monoisotopic (exact) mass is 191 g/mol. The summed E-state index contributed by atoms with van der Waals surface area (Å²) < 4.78 is 0. The number of aliphatic hydroxyl groups excluding tert-OH is 1. The number of benzene rings is 1. The van der Waals surface area contributed by atoms with Crippen LogP contribution in [0.3, 0.4) is 0 Å². The highest BCUT2D eigenvalue weighted by molar-refractivity contribution is 5.66. The maximum atomic E-state index is 9.04. The highest BCUT2D eigenvalue weighted by atomic mass is 16.3. The molecule has 0 unspecified atom stereocenters. The van der Waals surface area contributed by atoms with Crippen LogP contribution >= 0.6 is 0 Å². The molecule has 0 radical (unpaired) electrons. The van der Waals surface area contributed by atoms with Crippen LogP contribution in [-0.4, -0.2) is 18.8 Å². The maximum absolute atomic E-state index is 9.04. The number of aliphatic hydroxyl groups is 1. The van der Waals surface area contributed by atoms with Crippen LogP contribution in [0.5, 0.6) is 0 Å². The Bertz CT molecular complexity index is 320. The number of nitrogens with one attached hydrogen (secondary N) is 1. The fraction of sp³-hybridized carbons (Fsp3) is 0.333. The fourth-order valence-corrected chi connectivity index (χ4v) is 1.39. The van der Waals surface area contributed by atoms with Crippen LogP contribution in [0.4, 0.5) is 5.69 Å². The lowest BCUT2D eigenvalue weighted by Crippen LogP contribution is -2.00. The van der Waals surface area contributed by atoms with Gasteiger partial charge in [-0.2, -0.15) is 0 Å². The molecular formula is C12H17NO. The molecule has 1 aromatic carbocycles. The molecule has 1 atom stereocenters. The van der Waals surface area contributed by atoms with Gasteiger partial charge in [-0.1, -0.05) is 25.6 Å². The third-order valence-electron chi connectivity index (χ3n) is 2.41. The van der Waals surface area contributed by atoms with Crippen LogP contribution in [-0.2, 0) is 0 Å². The summed E-state index contributed by atoms with van der Waals surface area (Å²) in [5, 5.41) is 12.1. The summed E-state index contributed by atoms with van der Waals surface area (Å²) in [5.74, 6) is 0.180. The minimum absolute atomic E-state index is 0.176. The molecule has 0 heterocycles. The highest BCUT2D eigenvalue weighted by Crippen LogP contribution is 2.22. The van der Waals surface area contributed by atoms with Crippen LogP contribution < -0.4 is 5.32 Å². The lowest BCUT2D eigenvalue weighted by molar-refractivity contribution is 0.273. The first kappa shape index (κ1) is 10.8. The molecule has 0 aliphatic rings. The van der Waals surface area contributed by atoms with Gasteiger partial charge in [-0.25, -0.2) is 0 Å². The summed E-state index contributed by atoms with van der Waals surface area (Å²) in [6, 6.07) is 6.10. The molecule has 1 rings (SSSR count). The minimum atomic E-state index is 0.176. The summed E-state index contributed by atoms with van der Waals surface area (Å²) in [5.41, 5.74) is 3.28. The van der Waals surface area contributed by atoms with Gasteiger partial charge in [-0.05, 0) is 23.3 Å². The molecule has 14 heavy (non-hydrogen) atoms. The molecule has 2 N–H and O–H groups in total. The van der Waals surface area contributed by atoms with Crippen molar-refractivity contribution < 1.29 is 5.11 Å². The van der Waals surface area contributed by atoms with Gasteiger partial charge in [-0.15, -0.1) is 0 Å². The lowest BCUT2D eigenvalue weighted by atomic mass is 9.99. The Hall–Kier alpha value is -1.28. The molecule has 76 valence electrons. The molecule has 0 aliphatic carbocycles. The van der Waals surface area contributed by atoms with E-state index in [1.165, 1.54) is 0 Å². The molecule has 2 nitrogen and oxygen atoms in total. The number of rotatable bonds is 4. The Labute approximate surface area is 85.3 Å². The largest absolute Gasteiger partial charge is 0.396 e. The SMILES string of the molecule is C=Cc1cc([C@@H](C)CO)ccc1NC. The van der Waals surface area contributed by atoms with Gasteiger partial charge in [0.15, 0.2) is 0 Å². The van der Waals surface area contributed by atoms with Crippen molar-refractivity contribution in [2.24, 2.45) is 0 Å². The van der Waals surface area contributed by atoms with Crippen molar-refractivity contribution >= 4 is 11.8 Å². The van der Waals surface area contributed by atoms with E-state index in [-0.39, 0.29) is 12.5 Å². The first-order valence-electron chi connectivity index (χ1n) is 4.78. The molecule has 0 amide bonds. The topological polar surface area (TPSA) is 32.3 Å². The summed E-state index contributed by atoms with van der Waals surface area (Å²) in [6.45, 7) is 5.94. The predicted molar refractivity (Wildman–Crippen MR) is 61.6 cm³/mol. The molecule has 0 saturated carbocycles. The molecule has 1 aromatic rings. The van der Waals surface area contributed by atoms with Crippen molar-refractivity contribution in [3.8, 4) is 0 Å². The van der Waals surface area contributed by atoms with Gasteiger partial charge in [0.2, 0.25) is 0 Å². The first-order valence-corrected chi connectivity index (χ1v) is 4.78. The second kappa shape index (κ2) is 4.82. The Kier molecular flexibility index (Phi) is 3.72. The fourth-order valence-electron chi connectivity index (χ4n) is 1.39. The molecule has 0 saturated heterocycles. The van der Waals surface area contributed by atoms with Gasteiger partial charge in [-0.3, -0.25) is 0 Å². The Morgan fingerprint density at radius 2 is 2.29 bits per heavy atom. The predicted octanol–water partition coefficient (Wildman–Crippen LogP) is 2.47. The van der Waals surface area contributed by atoms with Gasteiger partial charge < -0.3 is 10.4 Å². The summed E-state index contributed by atoms with van der Waals surface area (Å²) in [4.78, 5) is 0. The van der Waals surface area contributed by atoms with Gasteiger partial charge >= 0.3 is 0 Å². The third-order valence-corrected chi connectivity index (χ3v) is 2.41. The Balaban J connectivity index is 3.07. The van der Waals surface area contributed by atoms with Crippen LogP contribution in [0.1, 0.15) is 24.0 Å². The summed E-state index contributed by atoms with van der Waals surface area (Å²) in [6.07, 6.45) is 1.82. The van der Waals surface area contributed by atoms with Crippen molar-refractivity contribution in [3.63, 3.8) is 0 Å². The molecule has 0 fully saturated rings. The van der Waals surface area contributed by atoms with Crippen molar-refractivity contribution in [2.45, 2.75) is 12.8 Å². The second-order valence-corrected chi connectivity index (χ2v) is 3.38. The van der Waals surface area contributed by atoms with Gasteiger partial charge in [0.1, 0.15) is 0 Å². The number of hydrogen-bond acceptors (Lipinski definition) is 2. The summed E-state index contributed by atoms with van der Waals surface area (Å²) >= 11 is 0. The zero-order valence-electron chi connectivity index (χ0n) is 8.75. The number of anilines is 1. The standard InChI is InChI=1S/C12H17NO/c1-4-10-7-11(9(2)8-14)5-6-12(10)13-3/h4-7,9,13-14H,1,8H2,2-3H3/t9-/m0/s1. The van der Waals surface area contributed by atoms with Crippen molar-refractivity contribution in [1.82, 2.24) is 0 Å². The van der Waals surface area contributed by atoms with Crippen molar-refractivity contribution in [2.75, 3.05) is 19.0 Å². The van der Waals surface area contributed by atoms with E-state index in [1.54, 1.807) is 0 Å². The summed E-state index contributed by atoms with van der Waals surface area (Å²) in [7, 11) is 1.89. The quantitative estimate of drug-likeness (QED) is 0.766. The van der Waals surface area contributed by atoms with Gasteiger partial charge in [0.05, 0.1) is 0 Å². The highest BCUT2D eigenvalue weighted by Gasteiger charge is 2.05. The lowest BCUT2D eigenvalue weighted by Gasteiger charge is -2.12. The Morgan fingerprint density at radius 3 is 2.79 bits per heavy atom. The van der Waals surface area contributed by atoms with E-state index in [9.17, 15) is 0 Å². The molecule has 2 heteroatoms. The Morgan fingerprint density at radius 1 is 1.57 bits per heavy atom. The average molecular weight is 191 g/mol. The number of hydrogen-bond donors (Lipinski definition) is 2. The zero-order chi connectivity index (χ0) is 10.6. The first-order chi connectivity index (χ1) is 6.72. The average Bonchev–Trinajstić information content (AvgIpc) is 2.26. The molecule has 0 spiro atoms. The van der Waals surface area contributed by atoms with Crippen LogP contribution in [0, 0.1) is 0 Å². The molecular weight excluding hydrogens is 174 g/mol. The van der Waals surface area contributed by atoms with Crippen LogP contribution in [0.2, 0.25) is 0 Å². The van der Waals surface area contributed by atoms with E-state index in [2.05, 4.69) is 18.0 Å². The van der Waals surface area contributed by atoms with Crippen molar-refractivity contribution in [1.29, 1.82) is 0 Å². The molecule has 0 aliphatic heterocycles. The van der Waals surface area contributed by atoms with E-state index in [1.807, 2.05) is 32.2 Å². The molecule has 0 aromatic heterocycles. The third kappa shape index (κ3) is 2.15. The van der Waals surface area contributed by atoms with E-state index in [0.717, 1.165) is 16.8 Å². The van der Waals surface area contributed by atoms with Crippen LogP contribution in [0.25, 0.3) is 6.08 Å². The van der Waals surface area contributed by atoms with E-state index >= 15 is 0 Å². The van der Waals surface area contributed by atoms with E-state index in [0.29, 0.717) is 0 Å². The van der Waals surface area contributed by atoms with Gasteiger partial charge in [0, 0.05) is 25.3 Å². The van der Waals surface area contributed by atoms with Crippen molar-refractivity contribution in [3.05, 3.63) is 35.9 Å². The smallest absolute Gasteiger partial charge is 0.0497 e. The van der Waals surface area contributed by atoms with E-state index < -0.39 is 0 Å². The minimum Gasteiger partial charge on any atom is -0.396 e. The van der Waals surface area contributed by atoms with E-state index in [4.69, 9.17) is 5.11 Å².